The number of carbonyl (C=O) groups excluding carboxylic acids is 1. The molecule has 2 fully saturated rings. The van der Waals surface area contributed by atoms with Gasteiger partial charge in [0.15, 0.2) is 0 Å². The third-order valence-corrected chi connectivity index (χ3v) is 6.53. The van der Waals surface area contributed by atoms with Crippen molar-refractivity contribution in [3.63, 3.8) is 0 Å². The van der Waals surface area contributed by atoms with Gasteiger partial charge in [0.2, 0.25) is 5.91 Å². The van der Waals surface area contributed by atoms with Gasteiger partial charge < -0.3 is 11.1 Å². The van der Waals surface area contributed by atoms with E-state index in [0.29, 0.717) is 6.04 Å². The Morgan fingerprint density at radius 3 is 2.00 bits per heavy atom. The van der Waals surface area contributed by atoms with E-state index >= 15 is 0 Å². The highest BCUT2D eigenvalue weighted by Gasteiger charge is 2.50. The van der Waals surface area contributed by atoms with E-state index < -0.39 is 5.41 Å². The third kappa shape index (κ3) is 3.28. The van der Waals surface area contributed by atoms with E-state index in [9.17, 15) is 4.79 Å². The number of rotatable bonds is 5. The number of nitrogens with zero attached hydrogens (tertiary/aromatic N) is 1. The van der Waals surface area contributed by atoms with Crippen LogP contribution in [0.4, 0.5) is 0 Å². The minimum atomic E-state index is -0.759. The summed E-state index contributed by atoms with van der Waals surface area (Å²) >= 11 is 0. The van der Waals surface area contributed by atoms with Crippen LogP contribution in [0.15, 0.2) is 60.7 Å². The highest BCUT2D eigenvalue weighted by atomic mass is 16.1. The average Bonchev–Trinajstić information content (AvgIpc) is 3.21. The quantitative estimate of drug-likeness (QED) is 0.858. The van der Waals surface area contributed by atoms with Crippen molar-refractivity contribution in [2.24, 2.45) is 11.7 Å². The van der Waals surface area contributed by atoms with Crippen molar-refractivity contribution in [3.05, 3.63) is 71.8 Å². The van der Waals surface area contributed by atoms with Crippen molar-refractivity contribution in [3.8, 4) is 0 Å². The average molecular weight is 364 g/mol. The van der Waals surface area contributed by atoms with Crippen LogP contribution in [0.2, 0.25) is 0 Å². The number of nitrogens with two attached hydrogens (primary N) is 1. The standard InChI is InChI=1S/C23H29N3O/c24-22(27)23(18-7-3-1-4-8-18,19-9-5-2-6-10-19)20-11-12-21(17-20)26-15-13-25-14-16-26/h1-10,20-21,25H,11-17H2,(H2,24,27). The molecule has 4 rings (SSSR count). The molecule has 27 heavy (non-hydrogen) atoms. The van der Waals surface area contributed by atoms with E-state index in [2.05, 4.69) is 34.5 Å². The predicted molar refractivity (Wildman–Crippen MR) is 108 cm³/mol. The van der Waals surface area contributed by atoms with Crippen LogP contribution >= 0.6 is 0 Å². The highest BCUT2D eigenvalue weighted by molar-refractivity contribution is 5.91. The van der Waals surface area contributed by atoms with Gasteiger partial charge >= 0.3 is 0 Å². The lowest BCUT2D eigenvalue weighted by Gasteiger charge is -2.39. The molecule has 4 heteroatoms. The molecule has 0 spiro atoms. The van der Waals surface area contributed by atoms with Crippen molar-refractivity contribution >= 4 is 5.91 Å². The number of carbonyl (C=O) groups is 1. The van der Waals surface area contributed by atoms with Gasteiger partial charge in [0.25, 0.3) is 0 Å². The molecule has 1 saturated heterocycles. The Morgan fingerprint density at radius 1 is 0.926 bits per heavy atom. The third-order valence-electron chi connectivity index (χ3n) is 6.53. The largest absolute Gasteiger partial charge is 0.369 e. The van der Waals surface area contributed by atoms with Crippen LogP contribution < -0.4 is 11.1 Å². The molecule has 2 aromatic rings. The summed E-state index contributed by atoms with van der Waals surface area (Å²) < 4.78 is 0. The van der Waals surface area contributed by atoms with E-state index in [1.807, 2.05) is 36.4 Å². The van der Waals surface area contributed by atoms with Gasteiger partial charge in [-0.3, -0.25) is 9.69 Å². The second kappa shape index (κ2) is 7.83. The minimum Gasteiger partial charge on any atom is -0.369 e. The fraction of sp³-hybridized carbons (Fsp3) is 0.435. The van der Waals surface area contributed by atoms with Gasteiger partial charge in [-0.2, -0.15) is 0 Å². The van der Waals surface area contributed by atoms with E-state index in [-0.39, 0.29) is 11.8 Å². The molecule has 3 N–H and O–H groups in total. The summed E-state index contributed by atoms with van der Waals surface area (Å²) in [5, 5.41) is 3.43. The summed E-state index contributed by atoms with van der Waals surface area (Å²) in [6.07, 6.45) is 3.19. The normalized spacial score (nSPS) is 24.0. The van der Waals surface area contributed by atoms with Crippen molar-refractivity contribution < 1.29 is 4.79 Å². The van der Waals surface area contributed by atoms with Gasteiger partial charge in [-0.25, -0.2) is 0 Å². The molecule has 0 bridgehead atoms. The van der Waals surface area contributed by atoms with E-state index in [0.717, 1.165) is 56.6 Å². The number of hydrogen-bond donors (Lipinski definition) is 2. The summed E-state index contributed by atoms with van der Waals surface area (Å²) in [5.74, 6) is -0.00875. The molecule has 142 valence electrons. The molecule has 1 amide bonds. The number of primary amides is 1. The van der Waals surface area contributed by atoms with Crippen molar-refractivity contribution in [2.45, 2.75) is 30.7 Å². The van der Waals surface area contributed by atoms with Gasteiger partial charge in [-0.15, -0.1) is 0 Å². The summed E-state index contributed by atoms with van der Waals surface area (Å²) in [5.41, 5.74) is 7.46. The molecule has 1 aliphatic heterocycles. The predicted octanol–water partition coefficient (Wildman–Crippen LogP) is 2.53. The zero-order chi connectivity index (χ0) is 18.7. The highest BCUT2D eigenvalue weighted by Crippen LogP contribution is 2.47. The van der Waals surface area contributed by atoms with E-state index in [4.69, 9.17) is 5.73 Å². The van der Waals surface area contributed by atoms with Crippen LogP contribution in [-0.4, -0.2) is 43.0 Å². The molecule has 0 aromatic heterocycles. The molecule has 0 radical (unpaired) electrons. The lowest BCUT2D eigenvalue weighted by molar-refractivity contribution is -0.123. The second-order valence-electron chi connectivity index (χ2n) is 7.85. The van der Waals surface area contributed by atoms with E-state index in [1.165, 1.54) is 0 Å². The molecule has 2 unspecified atom stereocenters. The number of benzene rings is 2. The number of hydrogen-bond acceptors (Lipinski definition) is 3. The maximum absolute atomic E-state index is 13.1. The zero-order valence-corrected chi connectivity index (χ0v) is 15.8. The SMILES string of the molecule is NC(=O)C(c1ccccc1)(c1ccccc1)C1CCC(N2CCNCC2)C1. The first-order valence-corrected chi connectivity index (χ1v) is 10.1. The lowest BCUT2D eigenvalue weighted by Crippen LogP contribution is -2.50. The molecule has 2 aliphatic rings. The summed E-state index contributed by atoms with van der Waals surface area (Å²) in [4.78, 5) is 15.7. The molecular formula is C23H29N3O. The van der Waals surface area contributed by atoms with Crippen LogP contribution in [-0.2, 0) is 10.2 Å². The fourth-order valence-corrected chi connectivity index (χ4v) is 5.26. The van der Waals surface area contributed by atoms with Crippen LogP contribution in [0.3, 0.4) is 0 Å². The topological polar surface area (TPSA) is 58.4 Å². The Balaban J connectivity index is 1.73. The number of piperazine rings is 1. The first kappa shape index (κ1) is 18.2. The van der Waals surface area contributed by atoms with Gasteiger partial charge in [-0.1, -0.05) is 60.7 Å². The van der Waals surface area contributed by atoms with Crippen molar-refractivity contribution in [2.75, 3.05) is 26.2 Å². The molecular weight excluding hydrogens is 334 g/mol. The van der Waals surface area contributed by atoms with Gasteiger partial charge in [0, 0.05) is 32.2 Å². The minimum absolute atomic E-state index is 0.222. The van der Waals surface area contributed by atoms with E-state index in [1.54, 1.807) is 0 Å². The van der Waals surface area contributed by atoms with Crippen LogP contribution in [0, 0.1) is 5.92 Å². The Kier molecular flexibility index (Phi) is 5.28. The Hall–Kier alpha value is -2.17. The van der Waals surface area contributed by atoms with Crippen LogP contribution in [0.5, 0.6) is 0 Å². The maximum Gasteiger partial charge on any atom is 0.232 e. The Bertz CT molecular complexity index is 716. The lowest BCUT2D eigenvalue weighted by atomic mass is 9.64. The fourth-order valence-electron chi connectivity index (χ4n) is 5.26. The molecule has 1 heterocycles. The molecule has 4 nitrogen and oxygen atoms in total. The number of nitrogens with one attached hydrogen (secondary N) is 1. The Morgan fingerprint density at radius 2 is 1.48 bits per heavy atom. The molecule has 2 atom stereocenters. The summed E-state index contributed by atoms with van der Waals surface area (Å²) in [7, 11) is 0. The zero-order valence-electron chi connectivity index (χ0n) is 15.8. The summed E-state index contributed by atoms with van der Waals surface area (Å²) in [6.45, 7) is 4.30. The monoisotopic (exact) mass is 363 g/mol. The van der Waals surface area contributed by atoms with Gasteiger partial charge in [0.1, 0.15) is 5.41 Å². The van der Waals surface area contributed by atoms with Gasteiger partial charge in [0.05, 0.1) is 0 Å². The van der Waals surface area contributed by atoms with Crippen LogP contribution in [0.1, 0.15) is 30.4 Å². The smallest absolute Gasteiger partial charge is 0.232 e. The Labute approximate surface area is 161 Å². The maximum atomic E-state index is 13.1. The van der Waals surface area contributed by atoms with Gasteiger partial charge in [-0.05, 0) is 36.3 Å². The molecule has 2 aromatic carbocycles. The van der Waals surface area contributed by atoms with Crippen molar-refractivity contribution in [1.29, 1.82) is 0 Å². The van der Waals surface area contributed by atoms with Crippen LogP contribution in [0.25, 0.3) is 0 Å². The first-order valence-electron chi connectivity index (χ1n) is 10.1. The van der Waals surface area contributed by atoms with Crippen molar-refractivity contribution in [1.82, 2.24) is 10.2 Å². The number of amides is 1. The summed E-state index contributed by atoms with van der Waals surface area (Å²) in [6, 6.07) is 20.9. The molecule has 1 saturated carbocycles. The first-order chi connectivity index (χ1) is 13.2. The second-order valence-corrected chi connectivity index (χ2v) is 7.85. The molecule has 1 aliphatic carbocycles.